The summed E-state index contributed by atoms with van der Waals surface area (Å²) >= 11 is 6.12. The Morgan fingerprint density at radius 1 is 1.17 bits per heavy atom. The van der Waals surface area contributed by atoms with Crippen LogP contribution in [0.2, 0.25) is 5.02 Å². The van der Waals surface area contributed by atoms with Gasteiger partial charge in [-0.15, -0.1) is 0 Å². The van der Waals surface area contributed by atoms with Crippen molar-refractivity contribution in [2.75, 3.05) is 6.54 Å². The first kappa shape index (κ1) is 18.3. The molecular formula is C20H24ClNO2. The highest BCUT2D eigenvalue weighted by Gasteiger charge is 2.14. The van der Waals surface area contributed by atoms with Crippen LogP contribution in [0.3, 0.4) is 0 Å². The van der Waals surface area contributed by atoms with Gasteiger partial charge in [-0.3, -0.25) is 4.79 Å². The van der Waals surface area contributed by atoms with E-state index in [2.05, 4.69) is 5.32 Å². The molecule has 0 aliphatic heterocycles. The van der Waals surface area contributed by atoms with E-state index in [0.29, 0.717) is 6.54 Å². The number of benzene rings is 2. The molecule has 0 radical (unpaired) electrons. The molecule has 2 aromatic rings. The molecule has 2 rings (SSSR count). The lowest BCUT2D eigenvalue weighted by atomic mass is 10.1. The summed E-state index contributed by atoms with van der Waals surface area (Å²) in [5, 5.41) is 3.68. The van der Waals surface area contributed by atoms with Crippen molar-refractivity contribution in [2.45, 2.75) is 39.7 Å². The summed E-state index contributed by atoms with van der Waals surface area (Å²) < 4.78 is 5.71. The Morgan fingerprint density at radius 2 is 1.92 bits per heavy atom. The maximum Gasteiger partial charge on any atom is 0.260 e. The molecule has 0 spiro atoms. The minimum Gasteiger partial charge on any atom is -0.481 e. The van der Waals surface area contributed by atoms with E-state index < -0.39 is 6.10 Å². The van der Waals surface area contributed by atoms with Crippen molar-refractivity contribution < 1.29 is 9.53 Å². The minimum absolute atomic E-state index is 0.104. The van der Waals surface area contributed by atoms with Crippen molar-refractivity contribution >= 4 is 17.5 Å². The van der Waals surface area contributed by atoms with Crippen LogP contribution >= 0.6 is 11.6 Å². The van der Waals surface area contributed by atoms with Gasteiger partial charge in [0.2, 0.25) is 0 Å². The van der Waals surface area contributed by atoms with E-state index in [1.165, 1.54) is 5.56 Å². The Hall–Kier alpha value is -2.00. The summed E-state index contributed by atoms with van der Waals surface area (Å²) in [6.45, 7) is 6.44. The van der Waals surface area contributed by atoms with Crippen LogP contribution in [-0.4, -0.2) is 18.6 Å². The SMILES string of the molecule is Cc1ccc(OC(C)C(=O)NCCCc2ccccc2Cl)cc1C. The van der Waals surface area contributed by atoms with Crippen LogP contribution in [-0.2, 0) is 11.2 Å². The smallest absolute Gasteiger partial charge is 0.260 e. The van der Waals surface area contributed by atoms with Crippen LogP contribution in [0.4, 0.5) is 0 Å². The van der Waals surface area contributed by atoms with E-state index in [1.807, 2.05) is 56.3 Å². The van der Waals surface area contributed by atoms with Gasteiger partial charge in [-0.1, -0.05) is 35.9 Å². The molecule has 0 bridgehead atoms. The van der Waals surface area contributed by atoms with Gasteiger partial charge in [-0.05, 0) is 68.5 Å². The van der Waals surface area contributed by atoms with Crippen LogP contribution < -0.4 is 10.1 Å². The van der Waals surface area contributed by atoms with Crippen LogP contribution in [0.25, 0.3) is 0 Å². The molecule has 0 heterocycles. The molecule has 24 heavy (non-hydrogen) atoms. The average molecular weight is 346 g/mol. The van der Waals surface area contributed by atoms with Gasteiger partial charge in [-0.25, -0.2) is 0 Å². The fourth-order valence-electron chi connectivity index (χ4n) is 2.38. The number of rotatable bonds is 7. The molecule has 1 N–H and O–H groups in total. The standard InChI is InChI=1S/C20H24ClNO2/c1-14-10-11-18(13-15(14)2)24-16(3)20(23)22-12-6-8-17-7-4-5-9-19(17)21/h4-5,7,9-11,13,16H,6,8,12H2,1-3H3,(H,22,23). The van der Waals surface area contributed by atoms with Gasteiger partial charge in [0.05, 0.1) is 0 Å². The summed E-state index contributed by atoms with van der Waals surface area (Å²) in [7, 11) is 0. The molecule has 1 unspecified atom stereocenters. The zero-order valence-electron chi connectivity index (χ0n) is 14.4. The third-order valence-corrected chi connectivity index (χ3v) is 4.41. The summed E-state index contributed by atoms with van der Waals surface area (Å²) in [6, 6.07) is 13.6. The van der Waals surface area contributed by atoms with Crippen LogP contribution in [0.5, 0.6) is 5.75 Å². The first-order valence-electron chi connectivity index (χ1n) is 8.22. The maximum absolute atomic E-state index is 12.1. The number of hydrogen-bond acceptors (Lipinski definition) is 2. The number of aryl methyl sites for hydroxylation is 3. The molecule has 0 saturated heterocycles. The van der Waals surface area contributed by atoms with E-state index in [1.54, 1.807) is 6.92 Å². The Bertz CT molecular complexity index is 700. The first-order valence-corrected chi connectivity index (χ1v) is 8.60. The van der Waals surface area contributed by atoms with Crippen molar-refractivity contribution in [3.63, 3.8) is 0 Å². The van der Waals surface area contributed by atoms with Crippen LogP contribution in [0.15, 0.2) is 42.5 Å². The first-order chi connectivity index (χ1) is 11.5. The van der Waals surface area contributed by atoms with Crippen molar-refractivity contribution in [1.29, 1.82) is 0 Å². The van der Waals surface area contributed by atoms with E-state index in [4.69, 9.17) is 16.3 Å². The molecule has 4 heteroatoms. The predicted octanol–water partition coefficient (Wildman–Crippen LogP) is 4.47. The molecular weight excluding hydrogens is 322 g/mol. The molecule has 0 aromatic heterocycles. The van der Waals surface area contributed by atoms with Gasteiger partial charge in [0.1, 0.15) is 5.75 Å². The van der Waals surface area contributed by atoms with Crippen LogP contribution in [0.1, 0.15) is 30.0 Å². The summed E-state index contributed by atoms with van der Waals surface area (Å²) in [5.74, 6) is 0.615. The summed E-state index contributed by atoms with van der Waals surface area (Å²) in [5.41, 5.74) is 3.46. The quantitative estimate of drug-likeness (QED) is 0.752. The normalized spacial score (nSPS) is 11.8. The zero-order valence-corrected chi connectivity index (χ0v) is 15.2. The van der Waals surface area contributed by atoms with Crippen molar-refractivity contribution in [3.8, 4) is 5.75 Å². The van der Waals surface area contributed by atoms with Gasteiger partial charge < -0.3 is 10.1 Å². The maximum atomic E-state index is 12.1. The number of carbonyl (C=O) groups excluding carboxylic acids is 1. The fourth-order valence-corrected chi connectivity index (χ4v) is 2.61. The highest BCUT2D eigenvalue weighted by Crippen LogP contribution is 2.18. The van der Waals surface area contributed by atoms with E-state index >= 15 is 0 Å². The van der Waals surface area contributed by atoms with E-state index in [9.17, 15) is 4.79 Å². The fraction of sp³-hybridized carbons (Fsp3) is 0.350. The topological polar surface area (TPSA) is 38.3 Å². The third-order valence-electron chi connectivity index (χ3n) is 4.04. The second-order valence-electron chi connectivity index (χ2n) is 5.99. The Kier molecular flexibility index (Phi) is 6.68. The highest BCUT2D eigenvalue weighted by atomic mass is 35.5. The van der Waals surface area contributed by atoms with Crippen molar-refractivity contribution in [3.05, 3.63) is 64.2 Å². The molecule has 0 fully saturated rings. The van der Waals surface area contributed by atoms with Gasteiger partial charge >= 0.3 is 0 Å². The number of carbonyl (C=O) groups is 1. The summed E-state index contributed by atoms with van der Waals surface area (Å²) in [6.07, 6.45) is 1.16. The number of amides is 1. The van der Waals surface area contributed by atoms with E-state index in [-0.39, 0.29) is 5.91 Å². The number of hydrogen-bond donors (Lipinski definition) is 1. The lowest BCUT2D eigenvalue weighted by molar-refractivity contribution is -0.127. The molecule has 1 atom stereocenters. The van der Waals surface area contributed by atoms with E-state index in [0.717, 1.165) is 34.7 Å². The lowest BCUT2D eigenvalue weighted by Gasteiger charge is -2.15. The molecule has 0 aliphatic rings. The number of halogens is 1. The lowest BCUT2D eigenvalue weighted by Crippen LogP contribution is -2.36. The van der Waals surface area contributed by atoms with Gasteiger partial charge in [0.25, 0.3) is 5.91 Å². The van der Waals surface area contributed by atoms with Crippen molar-refractivity contribution in [1.82, 2.24) is 5.32 Å². The predicted molar refractivity (Wildman–Crippen MR) is 98.8 cm³/mol. The highest BCUT2D eigenvalue weighted by molar-refractivity contribution is 6.31. The monoisotopic (exact) mass is 345 g/mol. The van der Waals surface area contributed by atoms with Crippen molar-refractivity contribution in [2.24, 2.45) is 0 Å². The zero-order chi connectivity index (χ0) is 17.5. The molecule has 128 valence electrons. The second kappa shape index (κ2) is 8.74. The van der Waals surface area contributed by atoms with Gasteiger partial charge in [0.15, 0.2) is 6.10 Å². The molecule has 0 saturated carbocycles. The Labute approximate surface area is 149 Å². The molecule has 1 amide bonds. The summed E-state index contributed by atoms with van der Waals surface area (Å²) in [4.78, 5) is 12.1. The molecule has 0 aliphatic carbocycles. The van der Waals surface area contributed by atoms with Gasteiger partial charge in [0, 0.05) is 11.6 Å². The third kappa shape index (κ3) is 5.27. The average Bonchev–Trinajstić information content (AvgIpc) is 2.56. The van der Waals surface area contributed by atoms with Crippen LogP contribution in [0, 0.1) is 13.8 Å². The Morgan fingerprint density at radius 3 is 2.62 bits per heavy atom. The molecule has 3 nitrogen and oxygen atoms in total. The largest absolute Gasteiger partial charge is 0.481 e. The second-order valence-corrected chi connectivity index (χ2v) is 6.40. The van der Waals surface area contributed by atoms with Gasteiger partial charge in [-0.2, -0.15) is 0 Å². The number of ether oxygens (including phenoxy) is 1. The minimum atomic E-state index is -0.521. The Balaban J connectivity index is 1.75. The number of nitrogens with one attached hydrogen (secondary N) is 1. The molecule has 2 aromatic carbocycles.